The third-order valence-corrected chi connectivity index (χ3v) is 4.72. The van der Waals surface area contributed by atoms with E-state index in [4.69, 9.17) is 0 Å². The summed E-state index contributed by atoms with van der Waals surface area (Å²) in [5, 5.41) is 22.9. The molecule has 2 rings (SSSR count). The quantitative estimate of drug-likeness (QED) is 0.349. The molecule has 1 aromatic carbocycles. The molecule has 19 heavy (non-hydrogen) atoms. The lowest BCUT2D eigenvalue weighted by atomic mass is 10.2. The summed E-state index contributed by atoms with van der Waals surface area (Å²) in [6.45, 7) is -0.561. The highest BCUT2D eigenvalue weighted by molar-refractivity contribution is 7.91. The number of hydrogen-bond donors (Lipinski definition) is 0. The maximum atomic E-state index is 13.8. The highest BCUT2D eigenvalue weighted by atomic mass is 32.2. The van der Waals surface area contributed by atoms with Crippen molar-refractivity contribution in [2.45, 2.75) is 0 Å². The van der Waals surface area contributed by atoms with Crippen molar-refractivity contribution >= 4 is 21.2 Å². The number of nitro benzene ring substituents is 1. The molecule has 9 heteroatoms. The largest absolute Gasteiger partial charge is 0.627 e. The van der Waals surface area contributed by atoms with E-state index in [1.165, 1.54) is 0 Å². The van der Waals surface area contributed by atoms with Gasteiger partial charge in [0, 0.05) is 12.1 Å². The molecule has 0 radical (unpaired) electrons. The zero-order chi connectivity index (χ0) is 14.3. The summed E-state index contributed by atoms with van der Waals surface area (Å²) >= 11 is 0. The Labute approximate surface area is 108 Å². The molecule has 0 aromatic heterocycles. The van der Waals surface area contributed by atoms with Gasteiger partial charge in [0.2, 0.25) is 0 Å². The van der Waals surface area contributed by atoms with Crippen LogP contribution in [0.4, 0.5) is 15.8 Å². The van der Waals surface area contributed by atoms with Crippen molar-refractivity contribution in [3.63, 3.8) is 0 Å². The molecule has 0 unspecified atom stereocenters. The summed E-state index contributed by atoms with van der Waals surface area (Å²) in [6.07, 6.45) is 0. The van der Waals surface area contributed by atoms with E-state index in [2.05, 4.69) is 0 Å². The normalized spacial score (nSPS) is 20.9. The molecule has 1 aliphatic rings. The van der Waals surface area contributed by atoms with Gasteiger partial charge in [0.1, 0.15) is 11.5 Å². The summed E-state index contributed by atoms with van der Waals surface area (Å²) < 4.78 is 35.2. The van der Waals surface area contributed by atoms with Crippen LogP contribution in [0.5, 0.6) is 0 Å². The van der Waals surface area contributed by atoms with Crippen LogP contribution in [0.3, 0.4) is 0 Å². The fourth-order valence-electron chi connectivity index (χ4n) is 1.97. The Morgan fingerprint density at radius 1 is 1.26 bits per heavy atom. The van der Waals surface area contributed by atoms with Crippen molar-refractivity contribution in [1.29, 1.82) is 0 Å². The number of hydrogen-bond acceptors (Lipinski definition) is 5. The number of quaternary nitrogens is 1. The van der Waals surface area contributed by atoms with Crippen molar-refractivity contribution in [2.24, 2.45) is 0 Å². The lowest BCUT2D eigenvalue weighted by Crippen LogP contribution is -2.54. The van der Waals surface area contributed by atoms with Gasteiger partial charge in [-0.3, -0.25) is 10.1 Å². The first kappa shape index (κ1) is 13.8. The average molecular weight is 290 g/mol. The molecule has 1 heterocycles. The van der Waals surface area contributed by atoms with E-state index in [-0.39, 0.29) is 30.3 Å². The Hall–Kier alpha value is -1.58. The highest BCUT2D eigenvalue weighted by Gasteiger charge is 2.34. The van der Waals surface area contributed by atoms with Gasteiger partial charge in [-0.05, 0) is 0 Å². The van der Waals surface area contributed by atoms with Crippen LogP contribution in [0.25, 0.3) is 0 Å². The monoisotopic (exact) mass is 290 g/mol. The standard InChI is InChI=1S/C10H11FN2O5S/c11-9-7-8(12(14)15)1-2-10(9)13(16)3-5-19(17,18)6-4-13/h1-2,7H,3-6H2. The molecule has 0 N–H and O–H groups in total. The second kappa shape index (κ2) is 4.51. The Morgan fingerprint density at radius 3 is 2.32 bits per heavy atom. The maximum absolute atomic E-state index is 13.8. The molecule has 0 aliphatic carbocycles. The van der Waals surface area contributed by atoms with Gasteiger partial charge in [-0.2, -0.15) is 0 Å². The topological polar surface area (TPSA) is 100 Å². The van der Waals surface area contributed by atoms with Crippen LogP contribution in [0.15, 0.2) is 18.2 Å². The van der Waals surface area contributed by atoms with Gasteiger partial charge in [-0.25, -0.2) is 12.8 Å². The van der Waals surface area contributed by atoms with Crippen LogP contribution in [-0.2, 0) is 9.84 Å². The fraction of sp³-hybridized carbons (Fsp3) is 0.400. The van der Waals surface area contributed by atoms with Crippen molar-refractivity contribution in [3.05, 3.63) is 39.3 Å². The van der Waals surface area contributed by atoms with Crippen LogP contribution in [0.1, 0.15) is 0 Å². The summed E-state index contributed by atoms with van der Waals surface area (Å²) in [4.78, 5) is 9.72. The third-order valence-electron chi connectivity index (χ3n) is 3.11. The molecule has 0 atom stereocenters. The minimum absolute atomic E-state index is 0.263. The average Bonchev–Trinajstić information content (AvgIpc) is 2.33. The molecule has 1 fully saturated rings. The minimum atomic E-state index is -3.24. The molecular weight excluding hydrogens is 279 g/mol. The van der Waals surface area contributed by atoms with Crippen molar-refractivity contribution < 1.29 is 17.7 Å². The molecule has 0 bridgehead atoms. The van der Waals surface area contributed by atoms with E-state index in [0.29, 0.717) is 6.07 Å². The number of nitro groups is 1. The summed E-state index contributed by atoms with van der Waals surface area (Å²) in [5.74, 6) is -1.61. The van der Waals surface area contributed by atoms with Crippen molar-refractivity contribution in [3.8, 4) is 0 Å². The van der Waals surface area contributed by atoms with E-state index >= 15 is 0 Å². The second-order valence-electron chi connectivity index (χ2n) is 4.38. The maximum Gasteiger partial charge on any atom is 0.272 e. The van der Waals surface area contributed by atoms with Crippen LogP contribution < -0.4 is 4.65 Å². The summed E-state index contributed by atoms with van der Waals surface area (Å²) in [5.41, 5.74) is -0.710. The lowest BCUT2D eigenvalue weighted by molar-refractivity contribution is -0.385. The van der Waals surface area contributed by atoms with Gasteiger partial charge in [-0.15, -0.1) is 0 Å². The van der Waals surface area contributed by atoms with E-state index in [1.807, 2.05) is 0 Å². The number of non-ortho nitro benzene ring substituents is 1. The van der Waals surface area contributed by atoms with E-state index < -0.39 is 30.9 Å². The van der Waals surface area contributed by atoms with Gasteiger partial charge in [0.25, 0.3) is 5.69 Å². The summed E-state index contributed by atoms with van der Waals surface area (Å²) in [6, 6.07) is 2.77. The molecule has 7 nitrogen and oxygen atoms in total. The first-order valence-corrected chi connectivity index (χ1v) is 7.29. The van der Waals surface area contributed by atoms with Gasteiger partial charge in [0.05, 0.1) is 24.1 Å². The molecular formula is C10H11FN2O5S. The Bertz CT molecular complexity index is 617. The number of halogens is 1. The number of nitrogens with zero attached hydrogens (tertiary/aromatic N) is 2. The predicted octanol–water partition coefficient (Wildman–Crippen LogP) is 0.967. The first-order chi connectivity index (χ1) is 8.73. The molecule has 0 amide bonds. The van der Waals surface area contributed by atoms with Crippen LogP contribution in [0.2, 0.25) is 0 Å². The first-order valence-electron chi connectivity index (χ1n) is 5.47. The fourth-order valence-corrected chi connectivity index (χ4v) is 3.32. The minimum Gasteiger partial charge on any atom is -0.627 e. The van der Waals surface area contributed by atoms with Crippen LogP contribution in [-0.4, -0.2) is 37.9 Å². The highest BCUT2D eigenvalue weighted by Crippen LogP contribution is 2.30. The molecule has 104 valence electrons. The zero-order valence-corrected chi connectivity index (χ0v) is 10.6. The van der Waals surface area contributed by atoms with Crippen LogP contribution in [0, 0.1) is 21.1 Å². The molecule has 1 aromatic rings. The smallest absolute Gasteiger partial charge is 0.272 e. The van der Waals surface area contributed by atoms with E-state index in [0.717, 1.165) is 12.1 Å². The van der Waals surface area contributed by atoms with Crippen LogP contribution >= 0.6 is 0 Å². The van der Waals surface area contributed by atoms with Gasteiger partial charge < -0.3 is 9.85 Å². The van der Waals surface area contributed by atoms with E-state index in [1.54, 1.807) is 0 Å². The van der Waals surface area contributed by atoms with Crippen molar-refractivity contribution in [2.75, 3.05) is 24.6 Å². The Morgan fingerprint density at radius 2 is 1.84 bits per heavy atom. The molecule has 0 spiro atoms. The molecule has 0 saturated carbocycles. The number of benzene rings is 1. The SMILES string of the molecule is O=[N+]([O-])c1ccc([N+]2([O-])CCS(=O)(=O)CC2)c(F)c1. The lowest BCUT2D eigenvalue weighted by Gasteiger charge is -2.44. The number of rotatable bonds is 2. The summed E-state index contributed by atoms with van der Waals surface area (Å²) in [7, 11) is -3.24. The molecule has 1 saturated heterocycles. The van der Waals surface area contributed by atoms with Gasteiger partial charge >= 0.3 is 0 Å². The Balaban J connectivity index is 2.34. The second-order valence-corrected chi connectivity index (χ2v) is 6.68. The van der Waals surface area contributed by atoms with Gasteiger partial charge in [-0.1, -0.05) is 0 Å². The zero-order valence-electron chi connectivity index (χ0n) is 9.78. The van der Waals surface area contributed by atoms with Crippen molar-refractivity contribution in [1.82, 2.24) is 4.65 Å². The van der Waals surface area contributed by atoms with Gasteiger partial charge in [0.15, 0.2) is 21.3 Å². The molecule has 1 aliphatic heterocycles. The third kappa shape index (κ3) is 2.72. The van der Waals surface area contributed by atoms with E-state index in [9.17, 15) is 28.1 Å². The number of sulfone groups is 1. The Kier molecular flexibility index (Phi) is 3.29. The predicted molar refractivity (Wildman–Crippen MR) is 66.6 cm³/mol. The number of hydroxylamine groups is 2.